The molecule has 0 amide bonds. The molecule has 0 spiro atoms. The lowest BCUT2D eigenvalue weighted by Crippen LogP contribution is -2.08. The minimum atomic E-state index is -0.461. The average molecular weight is 391 g/mol. The van der Waals surface area contributed by atoms with Gasteiger partial charge in [0.2, 0.25) is 0 Å². The number of hydrogen-bond donors (Lipinski definition) is 1. The fourth-order valence-corrected chi connectivity index (χ4v) is 3.82. The van der Waals surface area contributed by atoms with E-state index in [2.05, 4.69) is 15.2 Å². The lowest BCUT2D eigenvalue weighted by Gasteiger charge is -2.02. The van der Waals surface area contributed by atoms with E-state index in [1.807, 2.05) is 17.5 Å². The maximum absolute atomic E-state index is 12.6. The summed E-state index contributed by atoms with van der Waals surface area (Å²) in [4.78, 5) is 28.4. The van der Waals surface area contributed by atoms with Crippen LogP contribution in [0.1, 0.15) is 39.0 Å². The number of aromatic amines is 1. The molecule has 0 saturated carbocycles. The van der Waals surface area contributed by atoms with E-state index in [1.54, 1.807) is 20.8 Å². The van der Waals surface area contributed by atoms with Gasteiger partial charge in [-0.15, -0.1) is 21.5 Å². The molecule has 0 aliphatic rings. The Bertz CT molecular complexity index is 928. The lowest BCUT2D eigenvalue weighted by molar-refractivity contribution is 0.0519. The molecule has 3 aromatic heterocycles. The second-order valence-corrected chi connectivity index (χ2v) is 7.28. The van der Waals surface area contributed by atoms with E-state index in [1.165, 1.54) is 23.1 Å². The van der Waals surface area contributed by atoms with Crippen LogP contribution in [0.5, 0.6) is 0 Å². The van der Waals surface area contributed by atoms with E-state index in [0.717, 1.165) is 4.88 Å². The Morgan fingerprint density at radius 2 is 2.15 bits per heavy atom. The number of nitrogens with one attached hydrogen (secondary N) is 1. The van der Waals surface area contributed by atoms with Crippen LogP contribution >= 0.6 is 23.1 Å². The van der Waals surface area contributed by atoms with Crippen LogP contribution in [0.4, 0.5) is 0 Å². The number of hydrogen-bond acceptors (Lipinski definition) is 8. The van der Waals surface area contributed by atoms with E-state index in [4.69, 9.17) is 9.15 Å². The van der Waals surface area contributed by atoms with Gasteiger partial charge in [0.1, 0.15) is 5.69 Å². The number of rotatable bonds is 7. The van der Waals surface area contributed by atoms with Crippen molar-refractivity contribution in [1.82, 2.24) is 15.2 Å². The van der Waals surface area contributed by atoms with Gasteiger partial charge < -0.3 is 14.1 Å². The second-order valence-electron chi connectivity index (χ2n) is 5.41. The van der Waals surface area contributed by atoms with E-state index in [9.17, 15) is 9.59 Å². The number of aryl methyl sites for hydroxylation is 1. The molecule has 136 valence electrons. The number of ether oxygens (including phenoxy) is 1. The van der Waals surface area contributed by atoms with Crippen LogP contribution in [0.3, 0.4) is 0 Å². The first-order chi connectivity index (χ1) is 12.5. The van der Waals surface area contributed by atoms with Crippen LogP contribution in [0.2, 0.25) is 0 Å². The molecule has 0 aliphatic heterocycles. The van der Waals surface area contributed by atoms with Crippen LogP contribution < -0.4 is 0 Å². The van der Waals surface area contributed by atoms with Gasteiger partial charge in [-0.05, 0) is 37.8 Å². The van der Waals surface area contributed by atoms with Gasteiger partial charge in [0, 0.05) is 11.3 Å². The molecule has 0 atom stereocenters. The van der Waals surface area contributed by atoms with Crippen molar-refractivity contribution in [2.45, 2.75) is 26.0 Å². The van der Waals surface area contributed by atoms with E-state index < -0.39 is 5.97 Å². The number of thiophene rings is 1. The number of nitrogens with zero attached hydrogens (tertiary/aromatic N) is 2. The molecule has 3 rings (SSSR count). The number of esters is 1. The first-order valence-electron chi connectivity index (χ1n) is 7.91. The maximum atomic E-state index is 12.6. The van der Waals surface area contributed by atoms with Crippen molar-refractivity contribution >= 4 is 34.9 Å². The molecule has 0 fully saturated rings. The number of carbonyl (C=O) groups excluding carboxylic acids is 2. The van der Waals surface area contributed by atoms with Gasteiger partial charge in [-0.3, -0.25) is 4.79 Å². The fraction of sp³-hybridized carbons (Fsp3) is 0.294. The first kappa shape index (κ1) is 18.4. The second kappa shape index (κ2) is 7.88. The topological polar surface area (TPSA) is 98.1 Å². The summed E-state index contributed by atoms with van der Waals surface area (Å²) in [5, 5.41) is 10.2. The summed E-state index contributed by atoms with van der Waals surface area (Å²) < 4.78 is 10.6. The first-order valence-corrected chi connectivity index (χ1v) is 9.77. The van der Waals surface area contributed by atoms with E-state index in [-0.39, 0.29) is 18.1 Å². The summed E-state index contributed by atoms with van der Waals surface area (Å²) in [6.45, 7) is 5.50. The zero-order chi connectivity index (χ0) is 18.7. The van der Waals surface area contributed by atoms with Gasteiger partial charge >= 0.3 is 5.97 Å². The van der Waals surface area contributed by atoms with Crippen molar-refractivity contribution in [3.63, 3.8) is 0 Å². The van der Waals surface area contributed by atoms with Gasteiger partial charge in [-0.25, -0.2) is 4.79 Å². The molecule has 0 aliphatic carbocycles. The summed E-state index contributed by atoms with van der Waals surface area (Å²) in [5.41, 5.74) is 2.05. The van der Waals surface area contributed by atoms with Crippen LogP contribution in [-0.2, 0) is 4.74 Å². The molecule has 1 N–H and O–H groups in total. The summed E-state index contributed by atoms with van der Waals surface area (Å²) in [7, 11) is 0. The standard InChI is InChI=1S/C17H17N3O4S2/c1-4-23-16(22)14-9(2)13(10(3)18-14)11(21)8-26-17-20-19-15(24-17)12-6-5-7-25-12/h5-7,18H,4,8H2,1-3H3. The number of thioether (sulfide) groups is 1. The highest BCUT2D eigenvalue weighted by Crippen LogP contribution is 2.28. The van der Waals surface area contributed by atoms with Gasteiger partial charge in [0.25, 0.3) is 11.1 Å². The molecule has 3 aromatic rings. The number of carbonyl (C=O) groups is 2. The molecule has 0 bridgehead atoms. The minimum Gasteiger partial charge on any atom is -0.461 e. The van der Waals surface area contributed by atoms with Gasteiger partial charge in [-0.2, -0.15) is 0 Å². The van der Waals surface area contributed by atoms with Crippen molar-refractivity contribution in [1.29, 1.82) is 0 Å². The molecule has 7 nitrogen and oxygen atoms in total. The van der Waals surface area contributed by atoms with Crippen molar-refractivity contribution in [3.8, 4) is 10.8 Å². The van der Waals surface area contributed by atoms with Crippen molar-refractivity contribution < 1.29 is 18.7 Å². The zero-order valence-corrected chi connectivity index (χ0v) is 16.1. The normalized spacial score (nSPS) is 10.9. The number of Topliss-reactive ketones (excluding diaryl/α,β-unsaturated/α-hetero) is 1. The Morgan fingerprint density at radius 1 is 1.35 bits per heavy atom. The monoisotopic (exact) mass is 391 g/mol. The van der Waals surface area contributed by atoms with E-state index >= 15 is 0 Å². The van der Waals surface area contributed by atoms with Crippen LogP contribution in [0.15, 0.2) is 27.2 Å². The van der Waals surface area contributed by atoms with Gasteiger partial charge in [-0.1, -0.05) is 17.8 Å². The van der Waals surface area contributed by atoms with Crippen LogP contribution in [-0.4, -0.2) is 39.3 Å². The van der Waals surface area contributed by atoms with Crippen LogP contribution in [0.25, 0.3) is 10.8 Å². The van der Waals surface area contributed by atoms with Crippen LogP contribution in [0, 0.1) is 13.8 Å². The predicted molar refractivity (Wildman–Crippen MR) is 98.9 cm³/mol. The molecule has 0 saturated heterocycles. The Kier molecular flexibility index (Phi) is 5.58. The number of H-pyrrole nitrogens is 1. The highest BCUT2D eigenvalue weighted by molar-refractivity contribution is 7.99. The molecule has 0 radical (unpaired) electrons. The van der Waals surface area contributed by atoms with Crippen molar-refractivity contribution in [2.24, 2.45) is 0 Å². The lowest BCUT2D eigenvalue weighted by atomic mass is 10.1. The highest BCUT2D eigenvalue weighted by atomic mass is 32.2. The van der Waals surface area contributed by atoms with Gasteiger partial charge in [0.15, 0.2) is 5.78 Å². The summed E-state index contributed by atoms with van der Waals surface area (Å²) in [5.74, 6) is -0.00745. The summed E-state index contributed by atoms with van der Waals surface area (Å²) in [6, 6.07) is 3.79. The Balaban J connectivity index is 1.70. The van der Waals surface area contributed by atoms with Crippen molar-refractivity contribution in [3.05, 3.63) is 40.0 Å². The third kappa shape index (κ3) is 3.73. The fourth-order valence-electron chi connectivity index (χ4n) is 2.54. The van der Waals surface area contributed by atoms with Gasteiger partial charge in [0.05, 0.1) is 17.2 Å². The molecule has 0 aromatic carbocycles. The number of aromatic nitrogens is 3. The largest absolute Gasteiger partial charge is 0.461 e. The molecule has 0 unspecified atom stereocenters. The van der Waals surface area contributed by atoms with E-state index in [0.29, 0.717) is 33.6 Å². The summed E-state index contributed by atoms with van der Waals surface area (Å²) in [6.07, 6.45) is 0. The quantitative estimate of drug-likeness (QED) is 0.370. The average Bonchev–Trinajstić information content (AvgIpc) is 3.33. The molecule has 3 heterocycles. The third-order valence-electron chi connectivity index (χ3n) is 3.66. The molecular formula is C17H17N3O4S2. The molecular weight excluding hydrogens is 374 g/mol. The third-order valence-corrected chi connectivity index (χ3v) is 5.34. The number of ketones is 1. The predicted octanol–water partition coefficient (Wildman–Crippen LogP) is 3.89. The smallest absolute Gasteiger partial charge is 0.355 e. The molecule has 9 heteroatoms. The highest BCUT2D eigenvalue weighted by Gasteiger charge is 2.23. The Labute approximate surface area is 158 Å². The molecule has 26 heavy (non-hydrogen) atoms. The zero-order valence-electron chi connectivity index (χ0n) is 14.5. The Hall–Kier alpha value is -2.39. The SMILES string of the molecule is CCOC(=O)c1[nH]c(C)c(C(=O)CSc2nnc(-c3cccs3)o2)c1C. The minimum absolute atomic E-state index is 0.118. The van der Waals surface area contributed by atoms with Crippen molar-refractivity contribution in [2.75, 3.05) is 12.4 Å². The Morgan fingerprint density at radius 3 is 2.85 bits per heavy atom. The summed E-state index contributed by atoms with van der Waals surface area (Å²) >= 11 is 2.68. The maximum Gasteiger partial charge on any atom is 0.355 e.